The van der Waals surface area contributed by atoms with E-state index in [1.807, 2.05) is 45.9 Å². The molecule has 2 aliphatic carbocycles. The highest BCUT2D eigenvalue weighted by Crippen LogP contribution is 2.60. The average molecular weight is 285 g/mol. The number of fused-ring (bicyclic) bond motifs is 2. The first-order valence-electron chi connectivity index (χ1n) is 7.71. The van der Waals surface area contributed by atoms with Crippen LogP contribution in [0.3, 0.4) is 0 Å². The fourth-order valence-corrected chi connectivity index (χ4v) is 4.11. The molecule has 0 spiro atoms. The first-order valence-corrected chi connectivity index (χ1v) is 7.71. The number of amides is 1. The maximum absolute atomic E-state index is 12.8. The summed E-state index contributed by atoms with van der Waals surface area (Å²) in [7, 11) is 0. The van der Waals surface area contributed by atoms with Gasteiger partial charge in [0, 0.05) is 11.1 Å². The Morgan fingerprint density at radius 3 is 2.62 bits per heavy atom. The number of hydrogen-bond donors (Lipinski definition) is 1. The molecule has 3 nitrogen and oxygen atoms in total. The van der Waals surface area contributed by atoms with E-state index in [9.17, 15) is 9.59 Å². The third kappa shape index (κ3) is 1.86. The molecule has 1 amide bonds. The zero-order valence-electron chi connectivity index (χ0n) is 13.2. The van der Waals surface area contributed by atoms with Gasteiger partial charge in [-0.15, -0.1) is 0 Å². The Balaban J connectivity index is 1.90. The molecule has 0 radical (unpaired) electrons. The number of carbonyl (C=O) groups excluding carboxylic acids is 2. The predicted octanol–water partition coefficient (Wildman–Crippen LogP) is 3.64. The van der Waals surface area contributed by atoms with E-state index in [0.29, 0.717) is 12.3 Å². The number of Topliss-reactive ketones (excluding diaryl/α,β-unsaturated/α-hetero) is 1. The van der Waals surface area contributed by atoms with Crippen LogP contribution in [0.4, 0.5) is 5.69 Å². The van der Waals surface area contributed by atoms with Crippen LogP contribution in [0, 0.1) is 30.6 Å². The zero-order chi connectivity index (χ0) is 15.4. The topological polar surface area (TPSA) is 46.2 Å². The Hall–Kier alpha value is -1.64. The molecule has 0 saturated heterocycles. The van der Waals surface area contributed by atoms with Gasteiger partial charge in [0.15, 0.2) is 5.78 Å². The summed E-state index contributed by atoms with van der Waals surface area (Å²) >= 11 is 0. The number of hydrogen-bond acceptors (Lipinski definition) is 2. The van der Waals surface area contributed by atoms with Crippen LogP contribution in [-0.2, 0) is 9.59 Å². The molecule has 3 heteroatoms. The summed E-state index contributed by atoms with van der Waals surface area (Å²) in [6.07, 6.45) is 2.41. The second-order valence-electron chi connectivity index (χ2n) is 7.27. The molecule has 0 unspecified atom stereocenters. The van der Waals surface area contributed by atoms with E-state index in [2.05, 4.69) is 5.32 Å². The van der Waals surface area contributed by atoms with Gasteiger partial charge in [-0.05, 0) is 56.2 Å². The molecule has 1 aromatic carbocycles. The van der Waals surface area contributed by atoms with Crippen LogP contribution in [0.15, 0.2) is 18.2 Å². The molecule has 112 valence electrons. The van der Waals surface area contributed by atoms with Crippen molar-refractivity contribution in [3.63, 3.8) is 0 Å². The van der Waals surface area contributed by atoms with Crippen molar-refractivity contribution >= 4 is 17.4 Å². The lowest BCUT2D eigenvalue weighted by Crippen LogP contribution is -2.44. The maximum atomic E-state index is 12.8. The van der Waals surface area contributed by atoms with E-state index < -0.39 is 5.41 Å². The molecule has 0 heterocycles. The summed E-state index contributed by atoms with van der Waals surface area (Å²) in [5, 5.41) is 3.02. The van der Waals surface area contributed by atoms with Crippen LogP contribution < -0.4 is 5.32 Å². The van der Waals surface area contributed by atoms with E-state index >= 15 is 0 Å². The van der Waals surface area contributed by atoms with Gasteiger partial charge in [-0.2, -0.15) is 0 Å². The van der Waals surface area contributed by atoms with Gasteiger partial charge in [-0.1, -0.05) is 26.0 Å². The molecule has 2 aliphatic rings. The van der Waals surface area contributed by atoms with Crippen molar-refractivity contribution in [2.75, 3.05) is 5.32 Å². The first-order chi connectivity index (χ1) is 9.79. The summed E-state index contributed by atoms with van der Waals surface area (Å²) in [4.78, 5) is 25.6. The lowest BCUT2D eigenvalue weighted by atomic mass is 9.70. The van der Waals surface area contributed by atoms with Crippen molar-refractivity contribution in [3.05, 3.63) is 29.3 Å². The Bertz CT molecular complexity index is 632. The van der Waals surface area contributed by atoms with Gasteiger partial charge in [0.05, 0.1) is 0 Å². The summed E-state index contributed by atoms with van der Waals surface area (Å²) in [5.74, 6) is 0.387. The molecule has 2 fully saturated rings. The minimum atomic E-state index is -0.787. The van der Waals surface area contributed by atoms with Gasteiger partial charge in [-0.25, -0.2) is 0 Å². The fourth-order valence-electron chi connectivity index (χ4n) is 4.11. The highest BCUT2D eigenvalue weighted by molar-refractivity contribution is 6.15. The number of aryl methyl sites for hydroxylation is 1. The Labute approximate surface area is 126 Å². The second kappa shape index (κ2) is 4.43. The molecule has 1 aromatic rings. The smallest absolute Gasteiger partial charge is 0.238 e. The molecule has 1 N–H and O–H groups in total. The number of anilines is 1. The Kier molecular flexibility index (Phi) is 3.01. The molecular formula is C18H23NO2. The van der Waals surface area contributed by atoms with Gasteiger partial charge in [0.2, 0.25) is 5.91 Å². The molecule has 0 aliphatic heterocycles. The minimum Gasteiger partial charge on any atom is -0.325 e. The second-order valence-corrected chi connectivity index (χ2v) is 7.27. The number of ketones is 1. The third-order valence-corrected chi connectivity index (χ3v) is 5.84. The third-order valence-electron chi connectivity index (χ3n) is 5.84. The molecule has 2 bridgehead atoms. The average Bonchev–Trinajstić information content (AvgIpc) is 2.96. The monoisotopic (exact) mass is 285 g/mol. The molecule has 2 atom stereocenters. The molecule has 0 aromatic heterocycles. The van der Waals surface area contributed by atoms with Crippen molar-refractivity contribution < 1.29 is 9.59 Å². The van der Waals surface area contributed by atoms with Gasteiger partial charge in [0.1, 0.15) is 5.41 Å². The maximum Gasteiger partial charge on any atom is 0.238 e. The molecule has 3 rings (SSSR count). The number of carbonyl (C=O) groups is 2. The van der Waals surface area contributed by atoms with E-state index in [1.54, 1.807) is 0 Å². The van der Waals surface area contributed by atoms with E-state index in [1.165, 1.54) is 0 Å². The molecule has 2 saturated carbocycles. The lowest BCUT2D eigenvalue weighted by Gasteiger charge is -2.32. The normalized spacial score (nSPS) is 29.7. The standard InChI is InChI=1S/C18H23NO2/c1-11-6-5-7-14(12(11)2)19-16(21)18-9-8-13(10-18)17(3,4)15(18)20/h5-7,13H,8-10H2,1-4H3,(H,19,21)/t13-,18-/m1/s1. The number of rotatable bonds is 2. The van der Waals surface area contributed by atoms with Crippen molar-refractivity contribution in [2.24, 2.45) is 16.7 Å². The van der Waals surface area contributed by atoms with Crippen molar-refractivity contribution in [2.45, 2.75) is 47.0 Å². The summed E-state index contributed by atoms with van der Waals surface area (Å²) < 4.78 is 0. The molecular weight excluding hydrogens is 262 g/mol. The highest BCUT2D eigenvalue weighted by atomic mass is 16.2. The van der Waals surface area contributed by atoms with Crippen LogP contribution in [-0.4, -0.2) is 11.7 Å². The lowest BCUT2D eigenvalue weighted by molar-refractivity contribution is -0.142. The van der Waals surface area contributed by atoms with Gasteiger partial charge >= 0.3 is 0 Å². The number of nitrogens with one attached hydrogen (secondary N) is 1. The quantitative estimate of drug-likeness (QED) is 0.843. The molecule has 21 heavy (non-hydrogen) atoms. The van der Waals surface area contributed by atoms with Crippen LogP contribution in [0.5, 0.6) is 0 Å². The summed E-state index contributed by atoms with van der Waals surface area (Å²) in [6.45, 7) is 8.01. The van der Waals surface area contributed by atoms with E-state index in [0.717, 1.165) is 29.7 Å². The highest BCUT2D eigenvalue weighted by Gasteiger charge is 2.65. The SMILES string of the molecule is Cc1cccc(NC(=O)[C@]23CC[C@H](C2)C(C)(C)C3=O)c1C. The van der Waals surface area contributed by atoms with Crippen molar-refractivity contribution in [1.82, 2.24) is 0 Å². The van der Waals surface area contributed by atoms with E-state index in [-0.39, 0.29) is 17.1 Å². The summed E-state index contributed by atoms with van der Waals surface area (Å²) in [5.41, 5.74) is 1.91. The van der Waals surface area contributed by atoms with Gasteiger partial charge in [-0.3, -0.25) is 9.59 Å². The van der Waals surface area contributed by atoms with Crippen LogP contribution in [0.25, 0.3) is 0 Å². The van der Waals surface area contributed by atoms with Crippen LogP contribution in [0.2, 0.25) is 0 Å². The Morgan fingerprint density at radius 2 is 2.00 bits per heavy atom. The first kappa shape index (κ1) is 14.3. The largest absolute Gasteiger partial charge is 0.325 e. The van der Waals surface area contributed by atoms with Crippen molar-refractivity contribution in [3.8, 4) is 0 Å². The van der Waals surface area contributed by atoms with Gasteiger partial charge < -0.3 is 5.32 Å². The predicted molar refractivity (Wildman–Crippen MR) is 83.1 cm³/mol. The fraction of sp³-hybridized carbons (Fsp3) is 0.556. The summed E-state index contributed by atoms with van der Waals surface area (Å²) in [6, 6.07) is 5.88. The number of benzene rings is 1. The Morgan fingerprint density at radius 1 is 1.29 bits per heavy atom. The minimum absolute atomic E-state index is 0.103. The van der Waals surface area contributed by atoms with Crippen molar-refractivity contribution in [1.29, 1.82) is 0 Å². The van der Waals surface area contributed by atoms with Crippen LogP contribution >= 0.6 is 0 Å². The zero-order valence-corrected chi connectivity index (χ0v) is 13.2. The van der Waals surface area contributed by atoms with Crippen LogP contribution in [0.1, 0.15) is 44.2 Å². The van der Waals surface area contributed by atoms with Gasteiger partial charge in [0.25, 0.3) is 0 Å². The van der Waals surface area contributed by atoms with E-state index in [4.69, 9.17) is 0 Å².